The van der Waals surface area contributed by atoms with Gasteiger partial charge in [0.15, 0.2) is 0 Å². The smallest absolute Gasteiger partial charge is 0.406 e. The van der Waals surface area contributed by atoms with Crippen LogP contribution in [-0.2, 0) is 9.47 Å². The number of rotatable bonds is 13. The summed E-state index contributed by atoms with van der Waals surface area (Å²) in [5.74, 6) is 0.683. The van der Waals surface area contributed by atoms with Crippen LogP contribution in [0.3, 0.4) is 0 Å². The fourth-order valence-corrected chi connectivity index (χ4v) is 6.45. The predicted octanol–water partition coefficient (Wildman–Crippen LogP) is 5.28. The lowest BCUT2D eigenvalue weighted by atomic mass is 9.82. The third-order valence-electron chi connectivity index (χ3n) is 8.34. The van der Waals surface area contributed by atoms with Crippen molar-refractivity contribution in [2.45, 2.75) is 96.0 Å². The Morgan fingerprint density at radius 2 is 1.88 bits per heavy atom. The lowest BCUT2D eigenvalue weighted by molar-refractivity contribution is -0.0213. The number of carbonyl (C=O) groups is 2. The Balaban J connectivity index is 1.69. The molecular formula is C31H50ClN3O6. The summed E-state index contributed by atoms with van der Waals surface area (Å²) in [6.07, 6.45) is 5.83. The number of alkyl carbamates (subject to hydrolysis) is 1. The van der Waals surface area contributed by atoms with Crippen LogP contribution in [-0.4, -0.2) is 78.8 Å². The van der Waals surface area contributed by atoms with Gasteiger partial charge in [-0.05, 0) is 55.2 Å². The van der Waals surface area contributed by atoms with E-state index in [2.05, 4.69) is 15.4 Å². The minimum atomic E-state index is -1.02. The van der Waals surface area contributed by atoms with Crippen LogP contribution in [0.5, 0.6) is 0 Å². The molecule has 1 saturated heterocycles. The van der Waals surface area contributed by atoms with Gasteiger partial charge in [-0.25, -0.2) is 9.59 Å². The molecule has 2 fully saturated rings. The standard InChI is InChI=1S/C31H50ClN3O6/c1-21(2)17-27(36)28(37)26(18-22-9-5-4-6-10-22)34-30(38)35-15-8-12-24(20-35)29(23-11-7-13-25(32)19-23)41-16-14-33-31(39)40-3/h7,11,13,19,21-22,24,26-29,36-37H,4-6,8-10,12,14-18,20H2,1-3H3,(H,33,39)(H,34,38)/t24-,26+,27+,28-,29+/m1/s1. The molecule has 9 nitrogen and oxygen atoms in total. The lowest BCUT2D eigenvalue weighted by Gasteiger charge is -2.39. The quantitative estimate of drug-likeness (QED) is 0.230. The molecule has 1 saturated carbocycles. The fraction of sp³-hybridized carbons (Fsp3) is 0.742. The third kappa shape index (κ3) is 10.9. The number of piperidine rings is 1. The molecular weight excluding hydrogens is 546 g/mol. The molecule has 10 heteroatoms. The molecule has 0 spiro atoms. The normalized spacial score (nSPS) is 21.1. The van der Waals surface area contributed by atoms with Crippen molar-refractivity contribution in [3.05, 3.63) is 34.9 Å². The van der Waals surface area contributed by atoms with Crippen molar-refractivity contribution in [2.75, 3.05) is 33.4 Å². The Morgan fingerprint density at radius 1 is 1.12 bits per heavy atom. The van der Waals surface area contributed by atoms with E-state index in [0.717, 1.165) is 31.2 Å². The number of nitrogens with one attached hydrogen (secondary N) is 2. The van der Waals surface area contributed by atoms with Crippen molar-refractivity contribution < 1.29 is 29.3 Å². The largest absolute Gasteiger partial charge is 0.453 e. The van der Waals surface area contributed by atoms with Gasteiger partial charge in [0.05, 0.1) is 32.0 Å². The third-order valence-corrected chi connectivity index (χ3v) is 8.58. The average Bonchev–Trinajstić information content (AvgIpc) is 2.96. The number of amides is 3. The van der Waals surface area contributed by atoms with E-state index in [-0.39, 0.29) is 30.6 Å². The van der Waals surface area contributed by atoms with Gasteiger partial charge in [-0.2, -0.15) is 0 Å². The highest BCUT2D eigenvalue weighted by atomic mass is 35.5. The van der Waals surface area contributed by atoms with Crippen LogP contribution in [0.1, 0.15) is 83.3 Å². The van der Waals surface area contributed by atoms with E-state index in [1.54, 1.807) is 4.90 Å². The van der Waals surface area contributed by atoms with Crippen LogP contribution in [0.25, 0.3) is 0 Å². The van der Waals surface area contributed by atoms with Crippen LogP contribution >= 0.6 is 11.6 Å². The molecule has 1 aromatic rings. The Labute approximate surface area is 250 Å². The first-order chi connectivity index (χ1) is 19.7. The molecule has 3 rings (SSSR count). The summed E-state index contributed by atoms with van der Waals surface area (Å²) in [5.41, 5.74) is 0.922. The van der Waals surface area contributed by atoms with E-state index in [9.17, 15) is 19.8 Å². The summed E-state index contributed by atoms with van der Waals surface area (Å²) in [5, 5.41) is 28.3. The molecule has 41 heavy (non-hydrogen) atoms. The number of nitrogens with zero attached hydrogens (tertiary/aromatic N) is 1. The molecule has 4 N–H and O–H groups in total. The van der Waals surface area contributed by atoms with E-state index < -0.39 is 24.3 Å². The molecule has 0 aromatic heterocycles. The predicted molar refractivity (Wildman–Crippen MR) is 160 cm³/mol. The summed E-state index contributed by atoms with van der Waals surface area (Å²) in [7, 11) is 1.32. The van der Waals surface area contributed by atoms with Crippen molar-refractivity contribution in [3.8, 4) is 0 Å². The first-order valence-corrected chi connectivity index (χ1v) is 15.7. The van der Waals surface area contributed by atoms with Gasteiger partial charge >= 0.3 is 12.1 Å². The second-order valence-corrected chi connectivity index (χ2v) is 12.5. The molecule has 232 valence electrons. The number of ether oxygens (including phenoxy) is 2. The van der Waals surface area contributed by atoms with Gasteiger partial charge < -0.3 is 35.2 Å². The number of hydrogen-bond donors (Lipinski definition) is 4. The van der Waals surface area contributed by atoms with Gasteiger partial charge in [0, 0.05) is 30.6 Å². The molecule has 3 amide bonds. The molecule has 0 radical (unpaired) electrons. The lowest BCUT2D eigenvalue weighted by Crippen LogP contribution is -2.55. The number of aliphatic hydroxyl groups excluding tert-OH is 2. The van der Waals surface area contributed by atoms with Crippen molar-refractivity contribution in [1.29, 1.82) is 0 Å². The summed E-state index contributed by atoms with van der Waals surface area (Å²) < 4.78 is 10.9. The Kier molecular flexibility index (Phi) is 14.0. The maximum Gasteiger partial charge on any atom is 0.406 e. The number of benzene rings is 1. The van der Waals surface area contributed by atoms with E-state index in [4.69, 9.17) is 16.3 Å². The highest BCUT2D eigenvalue weighted by Crippen LogP contribution is 2.34. The first kappa shape index (κ1) is 33.4. The number of carbonyl (C=O) groups excluding carboxylic acids is 2. The summed E-state index contributed by atoms with van der Waals surface area (Å²) in [4.78, 5) is 26.9. The number of halogens is 1. The van der Waals surface area contributed by atoms with Crippen LogP contribution < -0.4 is 10.6 Å². The number of hydrogen-bond acceptors (Lipinski definition) is 6. The molecule has 0 bridgehead atoms. The minimum Gasteiger partial charge on any atom is -0.453 e. The second kappa shape index (κ2) is 17.1. The van der Waals surface area contributed by atoms with E-state index in [1.807, 2.05) is 38.1 Å². The molecule has 1 heterocycles. The monoisotopic (exact) mass is 595 g/mol. The SMILES string of the molecule is COC(=O)NCCO[C@@H](c1cccc(Cl)c1)[C@@H]1CCCN(C(=O)N[C@@H](CC2CCCCC2)[C@@H](O)[C@@H](O)CC(C)C)C1. The van der Waals surface area contributed by atoms with E-state index >= 15 is 0 Å². The van der Waals surface area contributed by atoms with Crippen molar-refractivity contribution in [1.82, 2.24) is 15.5 Å². The Bertz CT molecular complexity index is 944. The highest BCUT2D eigenvalue weighted by Gasteiger charge is 2.35. The zero-order valence-corrected chi connectivity index (χ0v) is 25.7. The van der Waals surface area contributed by atoms with Crippen LogP contribution in [0.2, 0.25) is 5.02 Å². The first-order valence-electron chi connectivity index (χ1n) is 15.3. The molecule has 2 aliphatic rings. The van der Waals surface area contributed by atoms with Crippen molar-refractivity contribution >= 4 is 23.7 Å². The number of aliphatic hydroxyl groups is 2. The van der Waals surface area contributed by atoms with Crippen molar-refractivity contribution in [3.63, 3.8) is 0 Å². The zero-order chi connectivity index (χ0) is 29.8. The maximum absolute atomic E-state index is 13.6. The average molecular weight is 596 g/mol. The van der Waals surface area contributed by atoms with Gasteiger partial charge in [-0.1, -0.05) is 69.7 Å². The maximum atomic E-state index is 13.6. The molecule has 0 unspecified atom stereocenters. The van der Waals surface area contributed by atoms with Crippen LogP contribution in [0.4, 0.5) is 9.59 Å². The molecule has 1 aliphatic carbocycles. The molecule has 1 aromatic carbocycles. The van der Waals surface area contributed by atoms with Gasteiger partial charge in [-0.3, -0.25) is 0 Å². The Hall–Kier alpha value is -2.07. The topological polar surface area (TPSA) is 120 Å². The number of urea groups is 1. The van der Waals surface area contributed by atoms with Crippen LogP contribution in [0, 0.1) is 17.8 Å². The van der Waals surface area contributed by atoms with Gasteiger partial charge in [0.25, 0.3) is 0 Å². The van der Waals surface area contributed by atoms with E-state index in [1.165, 1.54) is 26.4 Å². The molecule has 1 aliphatic heterocycles. The summed E-state index contributed by atoms with van der Waals surface area (Å²) in [6, 6.07) is 6.81. The van der Waals surface area contributed by atoms with Gasteiger partial charge in [-0.15, -0.1) is 0 Å². The summed E-state index contributed by atoms with van der Waals surface area (Å²) >= 11 is 6.30. The van der Waals surface area contributed by atoms with Gasteiger partial charge in [0.2, 0.25) is 0 Å². The zero-order valence-electron chi connectivity index (χ0n) is 24.9. The van der Waals surface area contributed by atoms with E-state index in [0.29, 0.717) is 43.4 Å². The minimum absolute atomic E-state index is 0.0133. The summed E-state index contributed by atoms with van der Waals surface area (Å²) in [6.45, 7) is 5.69. The molecule has 5 atom stereocenters. The second-order valence-electron chi connectivity index (χ2n) is 12.1. The number of methoxy groups -OCH3 is 1. The fourth-order valence-electron chi connectivity index (χ4n) is 6.25. The van der Waals surface area contributed by atoms with Crippen LogP contribution in [0.15, 0.2) is 24.3 Å². The van der Waals surface area contributed by atoms with Gasteiger partial charge in [0.1, 0.15) is 6.10 Å². The Morgan fingerprint density at radius 3 is 2.56 bits per heavy atom. The van der Waals surface area contributed by atoms with Crippen molar-refractivity contribution in [2.24, 2.45) is 17.8 Å². The highest BCUT2D eigenvalue weighted by molar-refractivity contribution is 6.30. The number of likely N-dealkylation sites (tertiary alicyclic amines) is 1.